The lowest BCUT2D eigenvalue weighted by atomic mass is 10.0. The number of aryl methyl sites for hydroxylation is 1. The van der Waals surface area contributed by atoms with Crippen LogP contribution in [0.25, 0.3) is 0 Å². The smallest absolute Gasteiger partial charge is 0.354 e. The number of carboxylic acids is 1. The quantitative estimate of drug-likeness (QED) is 0.272. The SMILES string of the molecule is CCCCCc1cc(C(=O)NS(=O)(=O)c2ccc(C(=O)NCCc3ccccc3OC)cc2)cnc1C(=O)O. The Bertz CT molecular complexity index is 1440. The monoisotopic (exact) mass is 553 g/mol. The van der Waals surface area contributed by atoms with Gasteiger partial charge in [-0.15, -0.1) is 0 Å². The van der Waals surface area contributed by atoms with Crippen LogP contribution in [0.2, 0.25) is 0 Å². The third kappa shape index (κ3) is 7.87. The maximum atomic E-state index is 12.8. The Labute approximate surface area is 227 Å². The van der Waals surface area contributed by atoms with Gasteiger partial charge in [-0.2, -0.15) is 0 Å². The van der Waals surface area contributed by atoms with E-state index in [0.29, 0.717) is 31.4 Å². The number of rotatable bonds is 13. The molecule has 2 amide bonds. The molecule has 10 nitrogen and oxygen atoms in total. The van der Waals surface area contributed by atoms with Gasteiger partial charge in [-0.1, -0.05) is 38.0 Å². The highest BCUT2D eigenvalue weighted by molar-refractivity contribution is 7.90. The predicted octanol–water partition coefficient (Wildman–Crippen LogP) is 3.61. The number of aromatic carboxylic acids is 1. The van der Waals surface area contributed by atoms with Crippen molar-refractivity contribution in [3.05, 3.63) is 88.7 Å². The summed E-state index contributed by atoms with van der Waals surface area (Å²) in [6.45, 7) is 2.36. The van der Waals surface area contributed by atoms with Gasteiger partial charge in [0.1, 0.15) is 5.75 Å². The summed E-state index contributed by atoms with van der Waals surface area (Å²) in [7, 11) is -2.68. The van der Waals surface area contributed by atoms with Crippen LogP contribution in [0, 0.1) is 0 Å². The molecule has 0 fully saturated rings. The van der Waals surface area contributed by atoms with Crippen molar-refractivity contribution in [1.82, 2.24) is 15.0 Å². The Morgan fingerprint density at radius 1 is 0.923 bits per heavy atom. The summed E-state index contributed by atoms with van der Waals surface area (Å²) in [6, 6.07) is 14.0. The van der Waals surface area contributed by atoms with Crippen LogP contribution in [0.15, 0.2) is 65.7 Å². The number of benzene rings is 2. The maximum absolute atomic E-state index is 12.8. The average Bonchev–Trinajstić information content (AvgIpc) is 2.93. The molecule has 1 aromatic heterocycles. The van der Waals surface area contributed by atoms with Crippen molar-refractivity contribution >= 4 is 27.8 Å². The summed E-state index contributed by atoms with van der Waals surface area (Å²) in [6.07, 6.45) is 4.51. The Balaban J connectivity index is 1.64. The minimum absolute atomic E-state index is 0.0684. The van der Waals surface area contributed by atoms with Crippen LogP contribution in [0.1, 0.15) is 68.5 Å². The molecule has 3 rings (SSSR count). The molecule has 39 heavy (non-hydrogen) atoms. The highest BCUT2D eigenvalue weighted by Crippen LogP contribution is 2.18. The molecule has 0 aliphatic rings. The Hall–Kier alpha value is -4.25. The number of unbranched alkanes of at least 4 members (excludes halogenated alkanes) is 2. The number of sulfonamides is 1. The molecule has 11 heteroatoms. The molecule has 206 valence electrons. The summed E-state index contributed by atoms with van der Waals surface area (Å²) >= 11 is 0. The molecule has 3 N–H and O–H groups in total. The summed E-state index contributed by atoms with van der Waals surface area (Å²) in [5, 5.41) is 12.2. The van der Waals surface area contributed by atoms with Crippen LogP contribution >= 0.6 is 0 Å². The first-order valence-corrected chi connectivity index (χ1v) is 13.9. The van der Waals surface area contributed by atoms with Crippen molar-refractivity contribution in [2.45, 2.75) is 43.9 Å². The molecule has 1 heterocycles. The van der Waals surface area contributed by atoms with E-state index in [1.807, 2.05) is 35.9 Å². The van der Waals surface area contributed by atoms with Crippen molar-refractivity contribution in [1.29, 1.82) is 0 Å². The molecular weight excluding hydrogens is 522 g/mol. The number of pyridine rings is 1. The minimum Gasteiger partial charge on any atom is -0.496 e. The van der Waals surface area contributed by atoms with Crippen LogP contribution in [0.4, 0.5) is 0 Å². The second kappa shape index (κ2) is 13.5. The fraction of sp³-hybridized carbons (Fsp3) is 0.286. The number of amides is 2. The van der Waals surface area contributed by atoms with Gasteiger partial charge in [-0.05, 0) is 66.8 Å². The molecule has 2 aromatic carbocycles. The summed E-state index contributed by atoms with van der Waals surface area (Å²) in [5.41, 5.74) is 1.33. The molecular formula is C28H31N3O7S. The van der Waals surface area contributed by atoms with Gasteiger partial charge >= 0.3 is 5.97 Å². The number of nitrogens with zero attached hydrogens (tertiary/aromatic N) is 1. The largest absolute Gasteiger partial charge is 0.496 e. The molecule has 0 saturated heterocycles. The topological polar surface area (TPSA) is 152 Å². The van der Waals surface area contributed by atoms with Gasteiger partial charge in [0.05, 0.1) is 17.6 Å². The normalized spacial score (nSPS) is 11.0. The van der Waals surface area contributed by atoms with Gasteiger partial charge < -0.3 is 15.2 Å². The van der Waals surface area contributed by atoms with E-state index in [1.165, 1.54) is 30.3 Å². The Kier molecular flexibility index (Phi) is 10.2. The second-order valence-corrected chi connectivity index (χ2v) is 10.5. The second-order valence-electron chi connectivity index (χ2n) is 8.77. The van der Waals surface area contributed by atoms with E-state index in [0.717, 1.165) is 30.4 Å². The third-order valence-electron chi connectivity index (χ3n) is 6.01. The van der Waals surface area contributed by atoms with Gasteiger partial charge in [0.2, 0.25) is 0 Å². The van der Waals surface area contributed by atoms with Crippen molar-refractivity contribution in [3.8, 4) is 5.75 Å². The van der Waals surface area contributed by atoms with Gasteiger partial charge in [-0.25, -0.2) is 22.9 Å². The summed E-state index contributed by atoms with van der Waals surface area (Å²) in [4.78, 5) is 40.3. The van der Waals surface area contributed by atoms with Crippen molar-refractivity contribution < 1.29 is 32.6 Å². The first-order valence-electron chi connectivity index (χ1n) is 12.5. The number of ether oxygens (including phenoxy) is 1. The molecule has 0 bridgehead atoms. The van der Waals surface area contributed by atoms with Crippen molar-refractivity contribution in [2.75, 3.05) is 13.7 Å². The number of aromatic nitrogens is 1. The number of carbonyl (C=O) groups excluding carboxylic acids is 2. The highest BCUT2D eigenvalue weighted by atomic mass is 32.2. The Morgan fingerprint density at radius 2 is 1.64 bits per heavy atom. The number of carboxylic acid groups (broad SMARTS) is 1. The van der Waals surface area contributed by atoms with E-state index in [1.54, 1.807) is 7.11 Å². The lowest BCUT2D eigenvalue weighted by Crippen LogP contribution is -2.31. The molecule has 0 aliphatic carbocycles. The standard InChI is InChI=1S/C28H31N3O7S/c1-3-4-5-9-21-17-22(18-30-25(21)28(34)35)27(33)31-39(36,37)23-13-11-20(12-14-23)26(32)29-16-15-19-8-6-7-10-24(19)38-2/h6-8,10-14,17-18H,3-5,9,15-16H2,1-2H3,(H,29,32)(H,31,33)(H,34,35). The van der Waals surface area contributed by atoms with E-state index in [9.17, 15) is 27.9 Å². The molecule has 0 aliphatic heterocycles. The zero-order chi connectivity index (χ0) is 28.4. The van der Waals surface area contributed by atoms with Crippen LogP contribution < -0.4 is 14.8 Å². The van der Waals surface area contributed by atoms with Gasteiger partial charge in [-0.3, -0.25) is 9.59 Å². The molecule has 0 unspecified atom stereocenters. The molecule has 0 radical (unpaired) electrons. The van der Waals surface area contributed by atoms with E-state index >= 15 is 0 Å². The lowest BCUT2D eigenvalue weighted by Gasteiger charge is -2.11. The van der Waals surface area contributed by atoms with Gasteiger partial charge in [0.15, 0.2) is 5.69 Å². The first-order chi connectivity index (χ1) is 18.7. The molecule has 0 atom stereocenters. The van der Waals surface area contributed by atoms with Gasteiger partial charge in [0.25, 0.3) is 21.8 Å². The lowest BCUT2D eigenvalue weighted by molar-refractivity contribution is 0.0688. The number of hydrogen-bond donors (Lipinski definition) is 3. The Morgan fingerprint density at radius 3 is 2.31 bits per heavy atom. The third-order valence-corrected chi connectivity index (χ3v) is 7.35. The molecule has 3 aromatic rings. The fourth-order valence-corrected chi connectivity index (χ4v) is 4.90. The minimum atomic E-state index is -4.26. The van der Waals surface area contributed by atoms with Crippen molar-refractivity contribution in [3.63, 3.8) is 0 Å². The zero-order valence-electron chi connectivity index (χ0n) is 21.8. The molecule has 0 spiro atoms. The van der Waals surface area contributed by atoms with E-state index in [4.69, 9.17) is 4.74 Å². The van der Waals surface area contributed by atoms with Crippen LogP contribution in [0.5, 0.6) is 5.75 Å². The fourth-order valence-electron chi connectivity index (χ4n) is 3.93. The van der Waals surface area contributed by atoms with Crippen LogP contribution in [-0.2, 0) is 22.9 Å². The zero-order valence-corrected chi connectivity index (χ0v) is 22.6. The van der Waals surface area contributed by atoms with Crippen LogP contribution in [0.3, 0.4) is 0 Å². The summed E-state index contributed by atoms with van der Waals surface area (Å²) in [5.74, 6) is -1.80. The van der Waals surface area contributed by atoms with Crippen molar-refractivity contribution in [2.24, 2.45) is 0 Å². The maximum Gasteiger partial charge on any atom is 0.354 e. The number of para-hydroxylation sites is 1. The number of hydrogen-bond acceptors (Lipinski definition) is 7. The molecule has 0 saturated carbocycles. The number of carbonyl (C=O) groups is 3. The first kappa shape index (κ1) is 29.3. The number of nitrogens with one attached hydrogen (secondary N) is 2. The van der Waals surface area contributed by atoms with E-state index in [-0.39, 0.29) is 27.6 Å². The summed E-state index contributed by atoms with van der Waals surface area (Å²) < 4.78 is 32.9. The van der Waals surface area contributed by atoms with Gasteiger partial charge in [0, 0.05) is 18.3 Å². The number of methoxy groups -OCH3 is 1. The van der Waals surface area contributed by atoms with Crippen LogP contribution in [-0.4, -0.2) is 49.9 Å². The average molecular weight is 554 g/mol. The highest BCUT2D eigenvalue weighted by Gasteiger charge is 2.21. The van der Waals surface area contributed by atoms with E-state index < -0.39 is 21.9 Å². The van der Waals surface area contributed by atoms with E-state index in [2.05, 4.69) is 10.3 Å². The predicted molar refractivity (Wildman–Crippen MR) is 145 cm³/mol.